The van der Waals surface area contributed by atoms with Crippen molar-refractivity contribution in [3.63, 3.8) is 0 Å². The predicted molar refractivity (Wildman–Crippen MR) is 100 cm³/mol. The van der Waals surface area contributed by atoms with Gasteiger partial charge in [-0.25, -0.2) is 4.98 Å². The largest absolute Gasteiger partial charge is 0.492 e. The summed E-state index contributed by atoms with van der Waals surface area (Å²) >= 11 is 3.51. The van der Waals surface area contributed by atoms with Crippen LogP contribution in [0.15, 0.2) is 65.3 Å². The van der Waals surface area contributed by atoms with E-state index < -0.39 is 0 Å². The molecule has 0 aliphatic rings. The molecule has 1 heterocycles. The van der Waals surface area contributed by atoms with Gasteiger partial charge in [0.25, 0.3) is 0 Å². The number of anilines is 4. The molecule has 0 saturated carbocycles. The smallest absolute Gasteiger partial charge is 0.229 e. The number of nitrogens with zero attached hydrogens (tertiary/aromatic N) is 2. The van der Waals surface area contributed by atoms with E-state index in [1.54, 1.807) is 6.20 Å². The second kappa shape index (κ2) is 7.79. The summed E-state index contributed by atoms with van der Waals surface area (Å²) < 4.78 is 6.58. The number of halogens is 1. The van der Waals surface area contributed by atoms with E-state index in [0.717, 1.165) is 21.6 Å². The molecule has 122 valence electrons. The summed E-state index contributed by atoms with van der Waals surface area (Å²) in [6.07, 6.45) is 1.71. The van der Waals surface area contributed by atoms with Gasteiger partial charge < -0.3 is 15.4 Å². The first-order valence-corrected chi connectivity index (χ1v) is 8.39. The van der Waals surface area contributed by atoms with E-state index in [1.807, 2.05) is 61.5 Å². The van der Waals surface area contributed by atoms with Crippen LogP contribution in [0.3, 0.4) is 0 Å². The Bertz CT molecular complexity index is 825. The number of hydrogen-bond donors (Lipinski definition) is 2. The molecule has 0 unspecified atom stereocenters. The maximum atomic E-state index is 5.61. The first kappa shape index (κ1) is 16.3. The topological polar surface area (TPSA) is 59.1 Å². The summed E-state index contributed by atoms with van der Waals surface area (Å²) in [5.41, 5.74) is 1.77. The molecule has 0 atom stereocenters. The van der Waals surface area contributed by atoms with Gasteiger partial charge in [-0.3, -0.25) is 0 Å². The minimum atomic E-state index is 0.499. The Morgan fingerprint density at radius 2 is 1.71 bits per heavy atom. The van der Waals surface area contributed by atoms with Crippen LogP contribution in [0.2, 0.25) is 0 Å². The number of para-hydroxylation sites is 3. The molecule has 0 radical (unpaired) electrons. The molecule has 24 heavy (non-hydrogen) atoms. The van der Waals surface area contributed by atoms with Gasteiger partial charge in [-0.2, -0.15) is 4.98 Å². The van der Waals surface area contributed by atoms with E-state index in [9.17, 15) is 0 Å². The SMILES string of the molecule is CCOc1ccccc1Nc1nccc(Nc2ccccc2Br)n1. The van der Waals surface area contributed by atoms with Crippen molar-refractivity contribution in [1.82, 2.24) is 9.97 Å². The number of aromatic nitrogens is 2. The third-order valence-corrected chi connectivity index (χ3v) is 3.92. The number of rotatable bonds is 6. The lowest BCUT2D eigenvalue weighted by atomic mass is 10.3. The minimum Gasteiger partial charge on any atom is -0.492 e. The first-order valence-electron chi connectivity index (χ1n) is 7.59. The number of ether oxygens (including phenoxy) is 1. The molecular weight excluding hydrogens is 368 g/mol. The zero-order valence-corrected chi connectivity index (χ0v) is 14.7. The monoisotopic (exact) mass is 384 g/mol. The van der Waals surface area contributed by atoms with Crippen LogP contribution in [0.1, 0.15) is 6.92 Å². The van der Waals surface area contributed by atoms with Crippen LogP contribution < -0.4 is 15.4 Å². The predicted octanol–water partition coefficient (Wildman–Crippen LogP) is 5.13. The molecule has 0 amide bonds. The lowest BCUT2D eigenvalue weighted by Gasteiger charge is -2.12. The molecule has 0 aliphatic carbocycles. The molecule has 0 aliphatic heterocycles. The van der Waals surface area contributed by atoms with Gasteiger partial charge in [-0.05, 0) is 53.2 Å². The normalized spacial score (nSPS) is 10.2. The Balaban J connectivity index is 1.80. The molecule has 6 heteroatoms. The van der Waals surface area contributed by atoms with Crippen molar-refractivity contribution < 1.29 is 4.74 Å². The van der Waals surface area contributed by atoms with Crippen molar-refractivity contribution in [3.8, 4) is 5.75 Å². The van der Waals surface area contributed by atoms with E-state index in [1.165, 1.54) is 0 Å². The average Bonchev–Trinajstić information content (AvgIpc) is 2.59. The maximum absolute atomic E-state index is 5.61. The van der Waals surface area contributed by atoms with Gasteiger partial charge in [-0.15, -0.1) is 0 Å². The van der Waals surface area contributed by atoms with Gasteiger partial charge in [0.05, 0.1) is 18.0 Å². The van der Waals surface area contributed by atoms with Gasteiger partial charge in [0.2, 0.25) is 5.95 Å². The molecule has 2 N–H and O–H groups in total. The number of benzene rings is 2. The van der Waals surface area contributed by atoms with Gasteiger partial charge in [-0.1, -0.05) is 24.3 Å². The fourth-order valence-corrected chi connectivity index (χ4v) is 2.54. The molecule has 3 aromatic rings. The third kappa shape index (κ3) is 4.02. The summed E-state index contributed by atoms with van der Waals surface area (Å²) in [5, 5.41) is 6.47. The maximum Gasteiger partial charge on any atom is 0.229 e. The molecule has 1 aromatic heterocycles. The molecule has 0 fully saturated rings. The standard InChI is InChI=1S/C18H17BrN4O/c1-2-24-16-10-6-5-9-15(16)22-18-20-12-11-17(23-18)21-14-8-4-3-7-13(14)19/h3-12H,2H2,1H3,(H2,20,21,22,23). The van der Waals surface area contributed by atoms with Crippen molar-refractivity contribution >= 4 is 39.1 Å². The van der Waals surface area contributed by atoms with E-state index in [2.05, 4.69) is 36.5 Å². The van der Waals surface area contributed by atoms with Gasteiger partial charge in [0.1, 0.15) is 11.6 Å². The summed E-state index contributed by atoms with van der Waals surface area (Å²) in [6.45, 7) is 2.55. The lowest BCUT2D eigenvalue weighted by Crippen LogP contribution is -2.02. The highest BCUT2D eigenvalue weighted by molar-refractivity contribution is 9.10. The molecule has 3 rings (SSSR count). The third-order valence-electron chi connectivity index (χ3n) is 3.23. The van der Waals surface area contributed by atoms with Crippen molar-refractivity contribution in [1.29, 1.82) is 0 Å². The van der Waals surface area contributed by atoms with Crippen LogP contribution in [0.5, 0.6) is 5.75 Å². The molecule has 0 bridgehead atoms. The van der Waals surface area contributed by atoms with Gasteiger partial charge >= 0.3 is 0 Å². The number of nitrogens with one attached hydrogen (secondary N) is 2. The highest BCUT2D eigenvalue weighted by Crippen LogP contribution is 2.27. The van der Waals surface area contributed by atoms with Crippen molar-refractivity contribution in [3.05, 3.63) is 65.3 Å². The minimum absolute atomic E-state index is 0.499. The average molecular weight is 385 g/mol. The second-order valence-corrected chi connectivity index (χ2v) is 5.78. The molecule has 0 spiro atoms. The van der Waals surface area contributed by atoms with Crippen LogP contribution in [-0.2, 0) is 0 Å². The van der Waals surface area contributed by atoms with Crippen LogP contribution in [0.25, 0.3) is 0 Å². The van der Waals surface area contributed by atoms with Crippen molar-refractivity contribution in [2.24, 2.45) is 0 Å². The van der Waals surface area contributed by atoms with Crippen LogP contribution in [0, 0.1) is 0 Å². The van der Waals surface area contributed by atoms with Crippen LogP contribution in [0.4, 0.5) is 23.1 Å². The molecule has 0 saturated heterocycles. The summed E-state index contributed by atoms with van der Waals surface area (Å²) in [7, 11) is 0. The Kier molecular flexibility index (Phi) is 5.28. The van der Waals surface area contributed by atoms with E-state index in [4.69, 9.17) is 4.74 Å². The molecular formula is C18H17BrN4O. The summed E-state index contributed by atoms with van der Waals surface area (Å²) in [4.78, 5) is 8.77. The van der Waals surface area contributed by atoms with Crippen molar-refractivity contribution in [2.45, 2.75) is 6.92 Å². The Labute approximate surface area is 149 Å². The van der Waals surface area contributed by atoms with Crippen molar-refractivity contribution in [2.75, 3.05) is 17.2 Å². The highest BCUT2D eigenvalue weighted by Gasteiger charge is 2.06. The number of hydrogen-bond acceptors (Lipinski definition) is 5. The summed E-state index contributed by atoms with van der Waals surface area (Å²) in [6, 6.07) is 17.4. The second-order valence-electron chi connectivity index (χ2n) is 4.92. The Morgan fingerprint density at radius 1 is 0.958 bits per heavy atom. The fourth-order valence-electron chi connectivity index (χ4n) is 2.16. The zero-order chi connectivity index (χ0) is 16.8. The lowest BCUT2D eigenvalue weighted by molar-refractivity contribution is 0.342. The Morgan fingerprint density at radius 3 is 2.50 bits per heavy atom. The Hall–Kier alpha value is -2.60. The van der Waals surface area contributed by atoms with Gasteiger partial charge in [0.15, 0.2) is 0 Å². The fraction of sp³-hybridized carbons (Fsp3) is 0.111. The first-order chi connectivity index (χ1) is 11.8. The zero-order valence-electron chi connectivity index (χ0n) is 13.2. The summed E-state index contributed by atoms with van der Waals surface area (Å²) in [5.74, 6) is 1.97. The molecule has 5 nitrogen and oxygen atoms in total. The van der Waals surface area contributed by atoms with E-state index in [0.29, 0.717) is 18.4 Å². The van der Waals surface area contributed by atoms with Crippen LogP contribution in [-0.4, -0.2) is 16.6 Å². The molecule has 2 aromatic carbocycles. The quantitative estimate of drug-likeness (QED) is 0.617. The van der Waals surface area contributed by atoms with Crippen LogP contribution >= 0.6 is 15.9 Å². The van der Waals surface area contributed by atoms with Gasteiger partial charge in [0, 0.05) is 10.7 Å². The highest BCUT2D eigenvalue weighted by atomic mass is 79.9. The van der Waals surface area contributed by atoms with E-state index in [-0.39, 0.29) is 0 Å². The van der Waals surface area contributed by atoms with E-state index >= 15 is 0 Å².